The Balaban J connectivity index is 1.63. The van der Waals surface area contributed by atoms with Crippen molar-refractivity contribution in [2.75, 3.05) is 5.32 Å². The van der Waals surface area contributed by atoms with Gasteiger partial charge in [-0.25, -0.2) is 23.7 Å². The summed E-state index contributed by atoms with van der Waals surface area (Å²) in [5.74, 6) is -1.50. The monoisotopic (exact) mass is 379 g/mol. The number of nitrogens with one attached hydrogen (secondary N) is 1. The average molecular weight is 379 g/mol. The molecule has 0 atom stereocenters. The standard InChI is InChI=1S/C20H15F2N5O/c1-11-6-7-16-15(8-11)25-12(2)27(16)18-10-23-17(9-24-18)26-20(28)19-13(21)4-3-5-14(19)22/h3-10H,1-2H3,(H,23,26,28). The van der Waals surface area contributed by atoms with Crippen molar-refractivity contribution in [1.29, 1.82) is 0 Å². The largest absolute Gasteiger partial charge is 0.305 e. The number of nitrogens with zero attached hydrogens (tertiary/aromatic N) is 4. The molecule has 8 heteroatoms. The van der Waals surface area contributed by atoms with Crippen LogP contribution in [0.4, 0.5) is 14.6 Å². The zero-order chi connectivity index (χ0) is 19.8. The van der Waals surface area contributed by atoms with Crippen LogP contribution in [0.25, 0.3) is 16.9 Å². The van der Waals surface area contributed by atoms with Gasteiger partial charge < -0.3 is 5.32 Å². The molecule has 0 saturated heterocycles. The Labute approximate surface area is 158 Å². The highest BCUT2D eigenvalue weighted by Gasteiger charge is 2.18. The van der Waals surface area contributed by atoms with Crippen molar-refractivity contribution in [3.63, 3.8) is 0 Å². The predicted molar refractivity (Wildman–Crippen MR) is 100 cm³/mol. The molecule has 2 aromatic carbocycles. The zero-order valence-electron chi connectivity index (χ0n) is 15.1. The lowest BCUT2D eigenvalue weighted by Crippen LogP contribution is -2.17. The van der Waals surface area contributed by atoms with Gasteiger partial charge in [0.25, 0.3) is 5.91 Å². The second kappa shape index (κ2) is 6.80. The highest BCUT2D eigenvalue weighted by molar-refractivity contribution is 6.04. The molecular weight excluding hydrogens is 364 g/mol. The fraction of sp³-hybridized carbons (Fsp3) is 0.100. The number of imidazole rings is 1. The Morgan fingerprint density at radius 2 is 1.79 bits per heavy atom. The summed E-state index contributed by atoms with van der Waals surface area (Å²) in [5, 5.41) is 2.35. The third kappa shape index (κ3) is 3.09. The molecule has 4 rings (SSSR count). The van der Waals surface area contributed by atoms with Crippen molar-refractivity contribution in [3.05, 3.63) is 77.4 Å². The summed E-state index contributed by atoms with van der Waals surface area (Å²) in [7, 11) is 0. The fourth-order valence-corrected chi connectivity index (χ4v) is 2.99. The Kier molecular flexibility index (Phi) is 4.31. The predicted octanol–water partition coefficient (Wildman–Crippen LogP) is 3.96. The first-order chi connectivity index (χ1) is 13.4. The van der Waals surface area contributed by atoms with Crippen molar-refractivity contribution < 1.29 is 13.6 Å². The van der Waals surface area contributed by atoms with Gasteiger partial charge in [-0.15, -0.1) is 0 Å². The van der Waals surface area contributed by atoms with E-state index in [9.17, 15) is 13.6 Å². The van der Waals surface area contributed by atoms with Crippen LogP contribution in [0.3, 0.4) is 0 Å². The van der Waals surface area contributed by atoms with E-state index in [1.54, 1.807) is 0 Å². The normalized spacial score (nSPS) is 11.0. The van der Waals surface area contributed by atoms with Crippen LogP contribution in [0.15, 0.2) is 48.8 Å². The quantitative estimate of drug-likeness (QED) is 0.585. The third-order valence-electron chi connectivity index (χ3n) is 4.28. The van der Waals surface area contributed by atoms with Crippen LogP contribution in [0.2, 0.25) is 0 Å². The highest BCUT2D eigenvalue weighted by Crippen LogP contribution is 2.21. The molecule has 0 fully saturated rings. The number of hydrogen-bond acceptors (Lipinski definition) is 4. The zero-order valence-corrected chi connectivity index (χ0v) is 15.1. The first-order valence-corrected chi connectivity index (χ1v) is 8.47. The molecule has 0 bridgehead atoms. The summed E-state index contributed by atoms with van der Waals surface area (Å²) >= 11 is 0. The molecule has 140 valence electrons. The molecule has 28 heavy (non-hydrogen) atoms. The number of carbonyl (C=O) groups excluding carboxylic acids is 1. The van der Waals surface area contributed by atoms with Crippen molar-refractivity contribution in [2.45, 2.75) is 13.8 Å². The second-order valence-electron chi connectivity index (χ2n) is 6.30. The number of rotatable bonds is 3. The summed E-state index contributed by atoms with van der Waals surface area (Å²) in [5.41, 5.74) is 2.15. The maximum absolute atomic E-state index is 13.7. The van der Waals surface area contributed by atoms with Crippen LogP contribution in [0, 0.1) is 25.5 Å². The minimum atomic E-state index is -0.946. The number of aromatic nitrogens is 4. The number of benzene rings is 2. The fourth-order valence-electron chi connectivity index (χ4n) is 2.99. The molecule has 2 heterocycles. The lowest BCUT2D eigenvalue weighted by Gasteiger charge is -2.08. The summed E-state index contributed by atoms with van der Waals surface area (Å²) in [6.07, 6.45) is 2.78. The van der Waals surface area contributed by atoms with Crippen molar-refractivity contribution in [1.82, 2.24) is 19.5 Å². The molecule has 6 nitrogen and oxygen atoms in total. The van der Waals surface area contributed by atoms with Gasteiger partial charge in [0.15, 0.2) is 11.6 Å². The van der Waals surface area contributed by atoms with Gasteiger partial charge in [0.05, 0.1) is 23.4 Å². The molecule has 0 saturated carbocycles. The highest BCUT2D eigenvalue weighted by atomic mass is 19.1. The maximum Gasteiger partial charge on any atom is 0.262 e. The third-order valence-corrected chi connectivity index (χ3v) is 4.28. The van der Waals surface area contributed by atoms with Crippen molar-refractivity contribution >= 4 is 22.8 Å². The van der Waals surface area contributed by atoms with E-state index < -0.39 is 23.1 Å². The number of fused-ring (bicyclic) bond motifs is 1. The Bertz CT molecular complexity index is 1180. The Morgan fingerprint density at radius 1 is 1.04 bits per heavy atom. The summed E-state index contributed by atoms with van der Waals surface area (Å²) < 4.78 is 29.3. The molecule has 4 aromatic rings. The topological polar surface area (TPSA) is 72.7 Å². The average Bonchev–Trinajstić information content (AvgIpc) is 2.97. The molecule has 0 aliphatic heterocycles. The van der Waals surface area contributed by atoms with Crippen LogP contribution >= 0.6 is 0 Å². The number of halogens is 2. The Hall–Kier alpha value is -3.68. The first-order valence-electron chi connectivity index (χ1n) is 8.47. The number of hydrogen-bond donors (Lipinski definition) is 1. The molecule has 1 N–H and O–H groups in total. The van der Waals surface area contributed by atoms with E-state index in [0.717, 1.165) is 34.6 Å². The molecule has 2 aromatic heterocycles. The molecule has 0 unspecified atom stereocenters. The SMILES string of the molecule is Cc1ccc2c(c1)nc(C)n2-c1cnc(NC(=O)c2c(F)cccc2F)cn1. The van der Waals surface area contributed by atoms with Crippen molar-refractivity contribution in [3.8, 4) is 5.82 Å². The van der Waals surface area contributed by atoms with Crippen LogP contribution in [0.1, 0.15) is 21.7 Å². The maximum atomic E-state index is 13.7. The van der Waals surface area contributed by atoms with Gasteiger partial charge in [-0.3, -0.25) is 9.36 Å². The molecule has 0 aliphatic rings. The minimum Gasteiger partial charge on any atom is -0.305 e. The van der Waals surface area contributed by atoms with Gasteiger partial charge in [0, 0.05) is 0 Å². The van der Waals surface area contributed by atoms with Gasteiger partial charge in [0.2, 0.25) is 0 Å². The van der Waals surface area contributed by atoms with E-state index >= 15 is 0 Å². The van der Waals surface area contributed by atoms with Gasteiger partial charge in [-0.05, 0) is 43.7 Å². The van der Waals surface area contributed by atoms with E-state index in [4.69, 9.17) is 0 Å². The molecule has 1 amide bonds. The van der Waals surface area contributed by atoms with Crippen LogP contribution in [-0.2, 0) is 0 Å². The molecule has 0 radical (unpaired) electrons. The number of aryl methyl sites for hydroxylation is 2. The van der Waals surface area contributed by atoms with E-state index in [-0.39, 0.29) is 5.82 Å². The van der Waals surface area contributed by atoms with E-state index in [1.165, 1.54) is 18.5 Å². The first kappa shape index (κ1) is 17.7. The van der Waals surface area contributed by atoms with E-state index in [0.29, 0.717) is 5.82 Å². The minimum absolute atomic E-state index is 0.0781. The summed E-state index contributed by atoms with van der Waals surface area (Å²) in [4.78, 5) is 25.1. The van der Waals surface area contributed by atoms with E-state index in [1.807, 2.05) is 36.6 Å². The van der Waals surface area contributed by atoms with Crippen molar-refractivity contribution in [2.24, 2.45) is 0 Å². The smallest absolute Gasteiger partial charge is 0.262 e. The second-order valence-corrected chi connectivity index (χ2v) is 6.30. The van der Waals surface area contributed by atoms with Crippen LogP contribution in [0.5, 0.6) is 0 Å². The lowest BCUT2D eigenvalue weighted by atomic mass is 10.2. The number of carbonyl (C=O) groups is 1. The Morgan fingerprint density at radius 3 is 2.46 bits per heavy atom. The summed E-state index contributed by atoms with van der Waals surface area (Å²) in [6, 6.07) is 9.12. The molecular formula is C20H15F2N5O. The number of anilines is 1. The van der Waals surface area contributed by atoms with Crippen LogP contribution in [-0.4, -0.2) is 25.4 Å². The van der Waals surface area contributed by atoms with Gasteiger partial charge in [-0.2, -0.15) is 0 Å². The van der Waals surface area contributed by atoms with Crippen LogP contribution < -0.4 is 5.32 Å². The van der Waals surface area contributed by atoms with E-state index in [2.05, 4.69) is 20.3 Å². The molecule has 0 spiro atoms. The molecule has 0 aliphatic carbocycles. The summed E-state index contributed by atoms with van der Waals surface area (Å²) in [6.45, 7) is 3.84. The van der Waals surface area contributed by atoms with Gasteiger partial charge in [-0.1, -0.05) is 12.1 Å². The lowest BCUT2D eigenvalue weighted by molar-refractivity contribution is 0.101. The number of amides is 1. The van der Waals surface area contributed by atoms with Gasteiger partial charge in [0.1, 0.15) is 23.0 Å². The van der Waals surface area contributed by atoms with Gasteiger partial charge >= 0.3 is 0 Å².